The van der Waals surface area contributed by atoms with Gasteiger partial charge in [0.1, 0.15) is 11.3 Å². The maximum absolute atomic E-state index is 12.4. The third-order valence-electron chi connectivity index (χ3n) is 2.59. The summed E-state index contributed by atoms with van der Waals surface area (Å²) in [4.78, 5) is 24.8. The molecule has 5 nitrogen and oxygen atoms in total. The number of halogens is 3. The van der Waals surface area contributed by atoms with Crippen molar-refractivity contribution in [1.82, 2.24) is 4.98 Å². The third-order valence-corrected chi connectivity index (χ3v) is 3.61. The van der Waals surface area contributed by atoms with Crippen molar-refractivity contribution in [1.29, 1.82) is 0 Å². The van der Waals surface area contributed by atoms with E-state index in [9.17, 15) is 28.1 Å². The standard InChI is InChI=1S/C13H7F3N2O3S/c14-13(15,16)9-2-4-12(17-6-9)22-11-3-1-8(7-19)5-10(11)18(20)21/h1-7H. The van der Waals surface area contributed by atoms with Crippen molar-refractivity contribution in [3.05, 3.63) is 57.8 Å². The van der Waals surface area contributed by atoms with E-state index in [1.165, 1.54) is 12.1 Å². The van der Waals surface area contributed by atoms with E-state index in [0.717, 1.165) is 30.0 Å². The van der Waals surface area contributed by atoms with E-state index in [0.29, 0.717) is 12.5 Å². The number of pyridine rings is 1. The predicted molar refractivity (Wildman–Crippen MR) is 71.8 cm³/mol. The van der Waals surface area contributed by atoms with Crippen LogP contribution in [0.4, 0.5) is 18.9 Å². The molecule has 0 saturated carbocycles. The van der Waals surface area contributed by atoms with Crippen molar-refractivity contribution in [3.8, 4) is 0 Å². The Hall–Kier alpha value is -2.42. The fourth-order valence-electron chi connectivity index (χ4n) is 1.56. The minimum atomic E-state index is -4.49. The highest BCUT2D eigenvalue weighted by Crippen LogP contribution is 2.35. The molecule has 0 unspecified atom stereocenters. The third kappa shape index (κ3) is 3.61. The lowest BCUT2D eigenvalue weighted by Crippen LogP contribution is -2.05. The van der Waals surface area contributed by atoms with Gasteiger partial charge in [-0.25, -0.2) is 4.98 Å². The van der Waals surface area contributed by atoms with Crippen LogP contribution in [0.5, 0.6) is 0 Å². The molecule has 0 radical (unpaired) electrons. The maximum Gasteiger partial charge on any atom is 0.417 e. The number of aromatic nitrogens is 1. The van der Waals surface area contributed by atoms with Crippen molar-refractivity contribution >= 4 is 23.7 Å². The van der Waals surface area contributed by atoms with Crippen molar-refractivity contribution < 1.29 is 22.9 Å². The molecular formula is C13H7F3N2O3S. The van der Waals surface area contributed by atoms with Crippen LogP contribution in [0.3, 0.4) is 0 Å². The van der Waals surface area contributed by atoms with Gasteiger partial charge in [-0.1, -0.05) is 17.8 Å². The Morgan fingerprint density at radius 3 is 2.45 bits per heavy atom. The van der Waals surface area contributed by atoms with Gasteiger partial charge in [-0.2, -0.15) is 13.2 Å². The molecule has 0 N–H and O–H groups in total. The zero-order chi connectivity index (χ0) is 16.3. The highest BCUT2D eigenvalue weighted by atomic mass is 32.2. The highest BCUT2D eigenvalue weighted by Gasteiger charge is 2.30. The minimum Gasteiger partial charge on any atom is -0.298 e. The second-order valence-electron chi connectivity index (χ2n) is 4.09. The summed E-state index contributed by atoms with van der Waals surface area (Å²) in [5.41, 5.74) is -1.07. The molecule has 0 atom stereocenters. The molecule has 1 heterocycles. The summed E-state index contributed by atoms with van der Waals surface area (Å²) < 4.78 is 37.3. The van der Waals surface area contributed by atoms with Gasteiger partial charge in [0, 0.05) is 17.8 Å². The van der Waals surface area contributed by atoms with E-state index in [2.05, 4.69) is 4.98 Å². The molecule has 2 rings (SSSR count). The predicted octanol–water partition coefficient (Wildman–Crippen LogP) is 3.97. The van der Waals surface area contributed by atoms with Crippen LogP contribution in [0.25, 0.3) is 0 Å². The van der Waals surface area contributed by atoms with Crippen molar-refractivity contribution in [3.63, 3.8) is 0 Å². The Balaban J connectivity index is 2.31. The molecular weight excluding hydrogens is 321 g/mol. The van der Waals surface area contributed by atoms with Gasteiger partial charge in [0.15, 0.2) is 0 Å². The second-order valence-corrected chi connectivity index (χ2v) is 5.15. The number of nitrogens with zero attached hydrogens (tertiary/aromatic N) is 2. The lowest BCUT2D eigenvalue weighted by atomic mass is 10.2. The van der Waals surface area contributed by atoms with Gasteiger partial charge in [0.25, 0.3) is 5.69 Å². The van der Waals surface area contributed by atoms with Crippen LogP contribution >= 0.6 is 11.8 Å². The Morgan fingerprint density at radius 2 is 1.95 bits per heavy atom. The van der Waals surface area contributed by atoms with Crippen LogP contribution in [-0.2, 0) is 6.18 Å². The van der Waals surface area contributed by atoms with Crippen LogP contribution in [0.15, 0.2) is 46.5 Å². The summed E-state index contributed by atoms with van der Waals surface area (Å²) in [6, 6.07) is 5.81. The number of rotatable bonds is 4. The Labute approximate surface area is 126 Å². The maximum atomic E-state index is 12.4. The number of nitro groups is 1. The van der Waals surface area contributed by atoms with E-state index in [1.807, 2.05) is 0 Å². The number of alkyl halides is 3. The fourth-order valence-corrected chi connectivity index (χ4v) is 2.40. The first-order valence-electron chi connectivity index (χ1n) is 5.76. The van der Waals surface area contributed by atoms with E-state index < -0.39 is 16.7 Å². The Bertz CT molecular complexity index is 717. The van der Waals surface area contributed by atoms with Gasteiger partial charge in [0.05, 0.1) is 15.4 Å². The van der Waals surface area contributed by atoms with Gasteiger partial charge >= 0.3 is 6.18 Å². The number of hydrogen-bond acceptors (Lipinski definition) is 5. The molecule has 0 saturated heterocycles. The molecule has 0 fully saturated rings. The molecule has 22 heavy (non-hydrogen) atoms. The molecule has 0 aliphatic heterocycles. The Morgan fingerprint density at radius 1 is 1.23 bits per heavy atom. The van der Waals surface area contributed by atoms with Crippen molar-refractivity contribution in [2.24, 2.45) is 0 Å². The Kier molecular flexibility index (Phi) is 4.45. The van der Waals surface area contributed by atoms with E-state index in [4.69, 9.17) is 0 Å². The zero-order valence-corrected chi connectivity index (χ0v) is 11.5. The number of nitro benzene ring substituents is 1. The molecule has 0 aliphatic rings. The number of aldehydes is 1. The van der Waals surface area contributed by atoms with E-state index >= 15 is 0 Å². The molecule has 1 aromatic carbocycles. The fraction of sp³-hybridized carbons (Fsp3) is 0.0769. The molecule has 9 heteroatoms. The monoisotopic (exact) mass is 328 g/mol. The summed E-state index contributed by atoms with van der Waals surface area (Å²) in [6.07, 6.45) is -3.36. The summed E-state index contributed by atoms with van der Waals surface area (Å²) in [6.45, 7) is 0. The summed E-state index contributed by atoms with van der Waals surface area (Å²) in [5.74, 6) is 0. The minimum absolute atomic E-state index is 0.136. The zero-order valence-electron chi connectivity index (χ0n) is 10.7. The van der Waals surface area contributed by atoms with Crippen molar-refractivity contribution in [2.45, 2.75) is 16.1 Å². The smallest absolute Gasteiger partial charge is 0.298 e. The normalized spacial score (nSPS) is 11.2. The summed E-state index contributed by atoms with van der Waals surface area (Å²) in [5, 5.41) is 11.1. The lowest BCUT2D eigenvalue weighted by Gasteiger charge is -2.07. The topological polar surface area (TPSA) is 73.1 Å². The number of hydrogen-bond donors (Lipinski definition) is 0. The lowest BCUT2D eigenvalue weighted by molar-refractivity contribution is -0.387. The molecule has 114 valence electrons. The molecule has 0 aliphatic carbocycles. The largest absolute Gasteiger partial charge is 0.417 e. The summed E-state index contributed by atoms with van der Waals surface area (Å²) >= 11 is 0.845. The first kappa shape index (κ1) is 16.0. The number of benzene rings is 1. The van der Waals surface area contributed by atoms with Crippen LogP contribution in [-0.4, -0.2) is 16.2 Å². The van der Waals surface area contributed by atoms with Crippen LogP contribution in [0, 0.1) is 10.1 Å². The molecule has 0 spiro atoms. The molecule has 0 amide bonds. The molecule has 1 aromatic heterocycles. The van der Waals surface area contributed by atoms with Crippen LogP contribution in [0.1, 0.15) is 15.9 Å². The summed E-state index contributed by atoms with van der Waals surface area (Å²) in [7, 11) is 0. The first-order valence-corrected chi connectivity index (χ1v) is 6.57. The number of carbonyl (C=O) groups excluding carboxylic acids is 1. The molecule has 0 bridgehead atoms. The average Bonchev–Trinajstić information content (AvgIpc) is 2.47. The van der Waals surface area contributed by atoms with Gasteiger partial charge in [-0.15, -0.1) is 0 Å². The van der Waals surface area contributed by atoms with E-state index in [-0.39, 0.29) is 21.2 Å². The highest BCUT2D eigenvalue weighted by molar-refractivity contribution is 7.99. The molecule has 2 aromatic rings. The average molecular weight is 328 g/mol. The van der Waals surface area contributed by atoms with E-state index in [1.54, 1.807) is 0 Å². The van der Waals surface area contributed by atoms with Gasteiger partial charge < -0.3 is 0 Å². The number of carbonyl (C=O) groups is 1. The van der Waals surface area contributed by atoms with Crippen LogP contribution < -0.4 is 0 Å². The van der Waals surface area contributed by atoms with Gasteiger partial charge in [-0.05, 0) is 18.2 Å². The first-order chi connectivity index (χ1) is 10.3. The van der Waals surface area contributed by atoms with Crippen molar-refractivity contribution in [2.75, 3.05) is 0 Å². The second kappa shape index (κ2) is 6.14. The van der Waals surface area contributed by atoms with Crippen LogP contribution in [0.2, 0.25) is 0 Å². The van der Waals surface area contributed by atoms with Gasteiger partial charge in [0.2, 0.25) is 0 Å². The SMILES string of the molecule is O=Cc1ccc(Sc2ccc(C(F)(F)F)cn2)c([N+](=O)[O-])c1. The van der Waals surface area contributed by atoms with Gasteiger partial charge in [-0.3, -0.25) is 14.9 Å². The quantitative estimate of drug-likeness (QED) is 0.482.